The van der Waals surface area contributed by atoms with Gasteiger partial charge in [0.15, 0.2) is 5.16 Å². The summed E-state index contributed by atoms with van der Waals surface area (Å²) in [6.45, 7) is 4.02. The minimum atomic E-state index is -0.974. The van der Waals surface area contributed by atoms with Crippen LogP contribution in [0.3, 0.4) is 0 Å². The summed E-state index contributed by atoms with van der Waals surface area (Å²) < 4.78 is 0. The molecule has 2 aromatic rings. The zero-order chi connectivity index (χ0) is 13.8. The smallest absolute Gasteiger partial charge is 0.352 e. The molecule has 0 unspecified atom stereocenters. The Balaban J connectivity index is 2.33. The van der Waals surface area contributed by atoms with Crippen molar-refractivity contribution in [1.29, 1.82) is 0 Å². The van der Waals surface area contributed by atoms with Gasteiger partial charge in [0.1, 0.15) is 5.69 Å². The summed E-state index contributed by atoms with van der Waals surface area (Å²) in [6, 6.07) is 1.59. The van der Waals surface area contributed by atoms with E-state index >= 15 is 0 Å². The molecule has 0 spiro atoms. The molecule has 0 saturated heterocycles. The number of thioether (sulfide) groups is 1. The Bertz CT molecular complexity index is 595. The monoisotopic (exact) mass is 277 g/mol. The van der Waals surface area contributed by atoms with E-state index in [-0.39, 0.29) is 5.69 Å². The summed E-state index contributed by atoms with van der Waals surface area (Å²) in [6.07, 6.45) is 4.49. The lowest BCUT2D eigenvalue weighted by Crippen LogP contribution is -1.95. The number of carboxylic acid groups (broad SMARTS) is 1. The van der Waals surface area contributed by atoms with E-state index in [1.54, 1.807) is 30.2 Å². The van der Waals surface area contributed by atoms with Gasteiger partial charge in [0, 0.05) is 23.7 Å². The molecule has 0 aromatic carbocycles. The first-order valence-corrected chi connectivity index (χ1v) is 6.99. The largest absolute Gasteiger partial charge is 0.477 e. The van der Waals surface area contributed by atoms with Crippen molar-refractivity contribution in [3.63, 3.8) is 0 Å². The number of hydrogen-bond donors (Lipinski definition) is 2. The SMILES string of the molecule is CCCSc1ncc(C)c(-c2c[nH]c(C(=O)O)c2)n1. The molecule has 0 aliphatic carbocycles. The predicted octanol–water partition coefficient (Wildman–Crippen LogP) is 2.98. The van der Waals surface area contributed by atoms with E-state index in [1.165, 1.54) is 0 Å². The normalized spacial score (nSPS) is 10.6. The number of carbonyl (C=O) groups is 1. The number of hydrogen-bond acceptors (Lipinski definition) is 4. The van der Waals surface area contributed by atoms with Crippen LogP contribution in [0.1, 0.15) is 29.4 Å². The molecule has 19 heavy (non-hydrogen) atoms. The van der Waals surface area contributed by atoms with E-state index in [1.807, 2.05) is 6.92 Å². The van der Waals surface area contributed by atoms with Crippen molar-refractivity contribution >= 4 is 17.7 Å². The summed E-state index contributed by atoms with van der Waals surface area (Å²) in [5, 5.41) is 9.64. The van der Waals surface area contributed by atoms with Crippen LogP contribution in [-0.2, 0) is 0 Å². The molecule has 6 heteroatoms. The Kier molecular flexibility index (Phi) is 4.21. The van der Waals surface area contributed by atoms with Gasteiger partial charge in [-0.1, -0.05) is 18.7 Å². The molecule has 0 fully saturated rings. The highest BCUT2D eigenvalue weighted by Crippen LogP contribution is 2.24. The van der Waals surface area contributed by atoms with Crippen LogP contribution in [0.4, 0.5) is 0 Å². The van der Waals surface area contributed by atoms with Crippen molar-refractivity contribution in [2.24, 2.45) is 0 Å². The zero-order valence-corrected chi connectivity index (χ0v) is 11.6. The maximum Gasteiger partial charge on any atom is 0.352 e. The van der Waals surface area contributed by atoms with E-state index in [2.05, 4.69) is 21.9 Å². The summed E-state index contributed by atoms with van der Waals surface area (Å²) in [5.41, 5.74) is 2.64. The van der Waals surface area contributed by atoms with Gasteiger partial charge in [0.2, 0.25) is 0 Å². The first kappa shape index (κ1) is 13.6. The number of aromatic carboxylic acids is 1. The molecule has 0 bridgehead atoms. The minimum absolute atomic E-state index is 0.163. The maximum absolute atomic E-state index is 10.9. The van der Waals surface area contributed by atoms with Crippen molar-refractivity contribution in [1.82, 2.24) is 15.0 Å². The van der Waals surface area contributed by atoms with Crippen LogP contribution < -0.4 is 0 Å². The number of aryl methyl sites for hydroxylation is 1. The van der Waals surface area contributed by atoms with Crippen LogP contribution in [0.25, 0.3) is 11.3 Å². The number of nitrogens with zero attached hydrogens (tertiary/aromatic N) is 2. The molecular weight excluding hydrogens is 262 g/mol. The van der Waals surface area contributed by atoms with E-state index in [0.29, 0.717) is 0 Å². The Morgan fingerprint density at radius 2 is 2.32 bits per heavy atom. The van der Waals surface area contributed by atoms with Gasteiger partial charge in [-0.05, 0) is 25.0 Å². The minimum Gasteiger partial charge on any atom is -0.477 e. The van der Waals surface area contributed by atoms with Gasteiger partial charge >= 0.3 is 5.97 Å². The third-order valence-electron chi connectivity index (χ3n) is 2.57. The highest BCUT2D eigenvalue weighted by atomic mass is 32.2. The summed E-state index contributed by atoms with van der Waals surface area (Å²) in [7, 11) is 0. The number of rotatable bonds is 5. The van der Waals surface area contributed by atoms with Gasteiger partial charge in [-0.15, -0.1) is 0 Å². The van der Waals surface area contributed by atoms with Crippen molar-refractivity contribution in [3.05, 3.63) is 29.7 Å². The predicted molar refractivity (Wildman–Crippen MR) is 74.5 cm³/mol. The Hall–Kier alpha value is -1.82. The highest BCUT2D eigenvalue weighted by Gasteiger charge is 2.11. The molecule has 0 aliphatic heterocycles. The number of carboxylic acids is 1. The molecule has 100 valence electrons. The molecule has 0 aliphatic rings. The van der Waals surface area contributed by atoms with Gasteiger partial charge < -0.3 is 10.1 Å². The Morgan fingerprint density at radius 3 is 2.95 bits per heavy atom. The van der Waals surface area contributed by atoms with Gasteiger partial charge in [0.05, 0.1) is 5.69 Å². The third kappa shape index (κ3) is 3.14. The van der Waals surface area contributed by atoms with Crippen LogP contribution in [0.5, 0.6) is 0 Å². The number of aromatic nitrogens is 3. The fourth-order valence-corrected chi connectivity index (χ4v) is 2.31. The molecule has 0 atom stereocenters. The second-order valence-corrected chi connectivity index (χ2v) is 5.20. The van der Waals surface area contributed by atoms with E-state index < -0.39 is 5.97 Å². The van der Waals surface area contributed by atoms with Crippen LogP contribution >= 0.6 is 11.8 Å². The first-order valence-electron chi connectivity index (χ1n) is 6.00. The molecule has 0 saturated carbocycles. The molecule has 2 aromatic heterocycles. The van der Waals surface area contributed by atoms with Crippen molar-refractivity contribution < 1.29 is 9.90 Å². The van der Waals surface area contributed by atoms with Crippen LogP contribution in [-0.4, -0.2) is 31.8 Å². The lowest BCUT2D eigenvalue weighted by atomic mass is 10.1. The molecule has 2 N–H and O–H groups in total. The summed E-state index contributed by atoms with van der Waals surface area (Å²) >= 11 is 1.60. The van der Waals surface area contributed by atoms with E-state index in [0.717, 1.165) is 34.2 Å². The Morgan fingerprint density at radius 1 is 1.53 bits per heavy atom. The van der Waals surface area contributed by atoms with Gasteiger partial charge in [0.25, 0.3) is 0 Å². The molecule has 2 rings (SSSR count). The van der Waals surface area contributed by atoms with Gasteiger partial charge in [-0.3, -0.25) is 0 Å². The number of nitrogens with one attached hydrogen (secondary N) is 1. The second-order valence-electron chi connectivity index (χ2n) is 4.14. The van der Waals surface area contributed by atoms with Crippen LogP contribution in [0.2, 0.25) is 0 Å². The molecule has 0 radical (unpaired) electrons. The molecule has 5 nitrogen and oxygen atoms in total. The van der Waals surface area contributed by atoms with Gasteiger partial charge in [-0.2, -0.15) is 0 Å². The number of aromatic amines is 1. The second kappa shape index (κ2) is 5.88. The van der Waals surface area contributed by atoms with Crippen LogP contribution in [0, 0.1) is 6.92 Å². The molecule has 2 heterocycles. The third-order valence-corrected chi connectivity index (χ3v) is 3.64. The lowest BCUT2D eigenvalue weighted by molar-refractivity contribution is 0.0691. The fourth-order valence-electron chi connectivity index (χ4n) is 1.64. The first-order chi connectivity index (χ1) is 9.11. The average molecular weight is 277 g/mol. The van der Waals surface area contributed by atoms with Crippen molar-refractivity contribution in [2.45, 2.75) is 25.4 Å². The van der Waals surface area contributed by atoms with Gasteiger partial charge in [-0.25, -0.2) is 14.8 Å². The lowest BCUT2D eigenvalue weighted by Gasteiger charge is -2.04. The van der Waals surface area contributed by atoms with Crippen molar-refractivity contribution in [2.75, 3.05) is 5.75 Å². The van der Waals surface area contributed by atoms with E-state index in [9.17, 15) is 4.79 Å². The van der Waals surface area contributed by atoms with Crippen LogP contribution in [0.15, 0.2) is 23.6 Å². The molecule has 0 amide bonds. The standard InChI is InChI=1S/C13H15N3O2S/c1-3-4-19-13-15-6-8(2)11(16-13)9-5-10(12(17)18)14-7-9/h5-7,14H,3-4H2,1-2H3,(H,17,18). The fraction of sp³-hybridized carbons (Fsp3) is 0.308. The summed E-state index contributed by atoms with van der Waals surface area (Å²) in [5.74, 6) is -0.00531. The summed E-state index contributed by atoms with van der Waals surface area (Å²) in [4.78, 5) is 22.4. The average Bonchev–Trinajstić information content (AvgIpc) is 2.87. The van der Waals surface area contributed by atoms with E-state index in [4.69, 9.17) is 5.11 Å². The Labute approximate surface area is 115 Å². The maximum atomic E-state index is 10.9. The van der Waals surface area contributed by atoms with Crippen molar-refractivity contribution in [3.8, 4) is 11.3 Å². The topological polar surface area (TPSA) is 78.9 Å². The number of H-pyrrole nitrogens is 1. The quantitative estimate of drug-likeness (QED) is 0.649. The zero-order valence-electron chi connectivity index (χ0n) is 10.8. The highest BCUT2D eigenvalue weighted by molar-refractivity contribution is 7.99. The molecular formula is C13H15N3O2S.